The molecule has 1 N–H and O–H groups in total. The van der Waals surface area contributed by atoms with E-state index in [1.54, 1.807) is 7.11 Å². The molecule has 1 atom stereocenters. The van der Waals surface area contributed by atoms with Crippen molar-refractivity contribution in [2.24, 2.45) is 0 Å². The van der Waals surface area contributed by atoms with Crippen molar-refractivity contribution in [1.82, 2.24) is 5.32 Å². The molecule has 2 aromatic rings. The van der Waals surface area contributed by atoms with Crippen LogP contribution in [0.4, 0.5) is 0 Å². The predicted octanol–water partition coefficient (Wildman–Crippen LogP) is 4.12. The minimum Gasteiger partial charge on any atom is -0.496 e. The first-order chi connectivity index (χ1) is 10.1. The van der Waals surface area contributed by atoms with Crippen molar-refractivity contribution < 1.29 is 4.74 Å². The highest BCUT2D eigenvalue weighted by Gasteiger charge is 2.16. The van der Waals surface area contributed by atoms with E-state index in [9.17, 15) is 0 Å². The van der Waals surface area contributed by atoms with E-state index in [-0.39, 0.29) is 6.04 Å². The van der Waals surface area contributed by atoms with Crippen LogP contribution in [0.3, 0.4) is 0 Å². The largest absolute Gasteiger partial charge is 0.496 e. The van der Waals surface area contributed by atoms with Crippen LogP contribution in [-0.4, -0.2) is 14.2 Å². The Hall–Kier alpha value is -1.80. The van der Waals surface area contributed by atoms with Gasteiger partial charge in [0.25, 0.3) is 0 Å². The van der Waals surface area contributed by atoms with E-state index in [4.69, 9.17) is 4.74 Å². The van der Waals surface area contributed by atoms with Gasteiger partial charge in [-0.25, -0.2) is 0 Å². The normalized spacial score (nSPS) is 12.2. The lowest BCUT2D eigenvalue weighted by atomic mass is 9.91. The highest BCUT2D eigenvalue weighted by Crippen LogP contribution is 2.29. The summed E-state index contributed by atoms with van der Waals surface area (Å²) in [7, 11) is 3.74. The van der Waals surface area contributed by atoms with Gasteiger partial charge in [-0.2, -0.15) is 0 Å². The quantitative estimate of drug-likeness (QED) is 0.891. The second-order valence-corrected chi connectivity index (χ2v) is 5.66. The molecule has 1 unspecified atom stereocenters. The van der Waals surface area contributed by atoms with Gasteiger partial charge < -0.3 is 10.1 Å². The first kappa shape index (κ1) is 15.6. The van der Waals surface area contributed by atoms with Crippen LogP contribution < -0.4 is 10.1 Å². The Morgan fingerprint density at radius 2 is 1.67 bits per heavy atom. The van der Waals surface area contributed by atoms with Gasteiger partial charge in [0, 0.05) is 11.6 Å². The van der Waals surface area contributed by atoms with Gasteiger partial charge in [-0.3, -0.25) is 0 Å². The summed E-state index contributed by atoms with van der Waals surface area (Å²) in [6, 6.07) is 13.0. The summed E-state index contributed by atoms with van der Waals surface area (Å²) in [6.45, 7) is 6.55. The minimum atomic E-state index is 0.251. The second kappa shape index (κ2) is 6.77. The van der Waals surface area contributed by atoms with Crippen LogP contribution in [0.5, 0.6) is 5.75 Å². The van der Waals surface area contributed by atoms with Gasteiger partial charge in [-0.1, -0.05) is 35.9 Å². The summed E-state index contributed by atoms with van der Waals surface area (Å²) >= 11 is 0. The zero-order chi connectivity index (χ0) is 15.4. The number of ether oxygens (including phenoxy) is 1. The first-order valence-electron chi connectivity index (χ1n) is 7.43. The van der Waals surface area contributed by atoms with Crippen molar-refractivity contribution in [2.75, 3.05) is 14.2 Å². The molecule has 0 aromatic heterocycles. The van der Waals surface area contributed by atoms with Gasteiger partial charge >= 0.3 is 0 Å². The maximum absolute atomic E-state index is 5.51. The molecule has 0 radical (unpaired) electrons. The van der Waals surface area contributed by atoms with Gasteiger partial charge in [0.05, 0.1) is 7.11 Å². The molecule has 0 aliphatic heterocycles. The van der Waals surface area contributed by atoms with Crippen molar-refractivity contribution in [3.63, 3.8) is 0 Å². The number of para-hydroxylation sites is 1. The molecule has 0 aliphatic rings. The Labute approximate surface area is 128 Å². The smallest absolute Gasteiger partial charge is 0.123 e. The molecule has 0 saturated carbocycles. The fraction of sp³-hybridized carbons (Fsp3) is 0.368. The summed E-state index contributed by atoms with van der Waals surface area (Å²) < 4.78 is 5.51. The van der Waals surface area contributed by atoms with Crippen LogP contribution in [0.1, 0.15) is 33.9 Å². The molecule has 2 heteroatoms. The topological polar surface area (TPSA) is 21.3 Å². The molecular weight excluding hydrogens is 258 g/mol. The van der Waals surface area contributed by atoms with Gasteiger partial charge in [0.1, 0.15) is 5.75 Å². The lowest BCUT2D eigenvalue weighted by Gasteiger charge is -2.22. The molecule has 0 aliphatic carbocycles. The number of benzene rings is 2. The molecule has 21 heavy (non-hydrogen) atoms. The summed E-state index contributed by atoms with van der Waals surface area (Å²) in [6.07, 6.45) is 0.967. The van der Waals surface area contributed by atoms with Crippen molar-refractivity contribution in [1.29, 1.82) is 0 Å². The lowest BCUT2D eigenvalue weighted by Crippen LogP contribution is -2.20. The SMILES string of the molecule is CNC(Cc1c(C)cc(C)cc1C)c1ccccc1OC. The molecule has 2 nitrogen and oxygen atoms in total. The van der Waals surface area contributed by atoms with E-state index >= 15 is 0 Å². The van der Waals surface area contributed by atoms with Crippen LogP contribution in [0.2, 0.25) is 0 Å². The number of likely N-dealkylation sites (N-methyl/N-ethyl adjacent to an activating group) is 1. The molecule has 112 valence electrons. The van der Waals surface area contributed by atoms with Gasteiger partial charge in [-0.15, -0.1) is 0 Å². The molecule has 0 amide bonds. The first-order valence-corrected chi connectivity index (χ1v) is 7.43. The molecule has 0 heterocycles. The highest BCUT2D eigenvalue weighted by molar-refractivity contribution is 5.41. The Morgan fingerprint density at radius 3 is 2.24 bits per heavy atom. The van der Waals surface area contributed by atoms with Gasteiger partial charge in [0.2, 0.25) is 0 Å². The highest BCUT2D eigenvalue weighted by atomic mass is 16.5. The van der Waals surface area contributed by atoms with Crippen molar-refractivity contribution in [2.45, 2.75) is 33.2 Å². The van der Waals surface area contributed by atoms with E-state index in [2.05, 4.69) is 50.4 Å². The third-order valence-electron chi connectivity index (χ3n) is 4.11. The Kier molecular flexibility index (Phi) is 5.03. The number of nitrogens with one attached hydrogen (secondary N) is 1. The van der Waals surface area contributed by atoms with E-state index in [1.807, 2.05) is 19.2 Å². The molecule has 0 bridgehead atoms. The van der Waals surface area contributed by atoms with Crippen LogP contribution in [-0.2, 0) is 6.42 Å². The third kappa shape index (κ3) is 3.45. The van der Waals surface area contributed by atoms with E-state index in [0.29, 0.717) is 0 Å². The fourth-order valence-electron chi connectivity index (χ4n) is 3.06. The Bertz CT molecular complexity index is 596. The van der Waals surface area contributed by atoms with Crippen LogP contribution in [0, 0.1) is 20.8 Å². The second-order valence-electron chi connectivity index (χ2n) is 5.66. The number of hydrogen-bond acceptors (Lipinski definition) is 2. The molecule has 2 aromatic carbocycles. The maximum atomic E-state index is 5.51. The molecule has 2 rings (SSSR count). The summed E-state index contributed by atoms with van der Waals surface area (Å²) in [4.78, 5) is 0. The zero-order valence-electron chi connectivity index (χ0n) is 13.7. The van der Waals surface area contributed by atoms with Crippen molar-refractivity contribution in [3.05, 3.63) is 64.2 Å². The lowest BCUT2D eigenvalue weighted by molar-refractivity contribution is 0.401. The average molecular weight is 283 g/mol. The van der Waals surface area contributed by atoms with E-state index in [1.165, 1.54) is 27.8 Å². The Balaban J connectivity index is 2.36. The van der Waals surface area contributed by atoms with Crippen LogP contribution >= 0.6 is 0 Å². The molecule has 0 spiro atoms. The number of rotatable bonds is 5. The van der Waals surface area contributed by atoms with E-state index < -0.39 is 0 Å². The van der Waals surface area contributed by atoms with Crippen LogP contribution in [0.25, 0.3) is 0 Å². The molecule has 0 fully saturated rings. The third-order valence-corrected chi connectivity index (χ3v) is 4.11. The summed E-state index contributed by atoms with van der Waals surface area (Å²) in [5.41, 5.74) is 6.69. The average Bonchev–Trinajstić information content (AvgIpc) is 2.46. The molecular formula is C19H25NO. The molecule has 0 saturated heterocycles. The van der Waals surface area contributed by atoms with Crippen molar-refractivity contribution >= 4 is 0 Å². The zero-order valence-corrected chi connectivity index (χ0v) is 13.7. The van der Waals surface area contributed by atoms with E-state index in [0.717, 1.165) is 12.2 Å². The number of methoxy groups -OCH3 is 1. The fourth-order valence-corrected chi connectivity index (χ4v) is 3.06. The summed E-state index contributed by atoms with van der Waals surface area (Å²) in [5, 5.41) is 3.43. The van der Waals surface area contributed by atoms with Crippen molar-refractivity contribution in [3.8, 4) is 5.75 Å². The number of hydrogen-bond donors (Lipinski definition) is 1. The maximum Gasteiger partial charge on any atom is 0.123 e. The van der Waals surface area contributed by atoms with Gasteiger partial charge in [-0.05, 0) is 57.0 Å². The Morgan fingerprint density at radius 1 is 1.05 bits per heavy atom. The van der Waals surface area contributed by atoms with Gasteiger partial charge in [0.15, 0.2) is 0 Å². The minimum absolute atomic E-state index is 0.251. The summed E-state index contributed by atoms with van der Waals surface area (Å²) in [5.74, 6) is 0.944. The van der Waals surface area contributed by atoms with Crippen LogP contribution in [0.15, 0.2) is 36.4 Å². The number of aryl methyl sites for hydroxylation is 3. The standard InChI is InChI=1S/C19H25NO/c1-13-10-14(2)17(15(3)11-13)12-18(20-4)16-8-6-7-9-19(16)21-5/h6-11,18,20H,12H2,1-5H3. The monoisotopic (exact) mass is 283 g/mol. The predicted molar refractivity (Wildman–Crippen MR) is 89.2 cm³/mol.